The van der Waals surface area contributed by atoms with Crippen LogP contribution in [-0.2, 0) is 0 Å². The van der Waals surface area contributed by atoms with Crippen molar-refractivity contribution in [3.05, 3.63) is 89.9 Å². The van der Waals surface area contributed by atoms with Crippen molar-refractivity contribution in [3.63, 3.8) is 0 Å². The Labute approximate surface area is 153 Å². The topological polar surface area (TPSA) is 30.7 Å². The molecule has 2 aromatic carbocycles. The fourth-order valence-electron chi connectivity index (χ4n) is 2.83. The lowest BCUT2D eigenvalue weighted by Gasteiger charge is -2.05. The molecule has 3 nitrogen and oxygen atoms in total. The number of hydrogen-bond acceptors (Lipinski definition) is 2. The minimum absolute atomic E-state index is 0. The minimum Gasteiger partial charge on any atom is -0.277 e. The van der Waals surface area contributed by atoms with Crippen LogP contribution in [0.2, 0.25) is 0 Å². The first-order chi connectivity index (χ1) is 11.8. The first-order valence-corrected chi connectivity index (χ1v) is 7.95. The summed E-state index contributed by atoms with van der Waals surface area (Å²) in [4.78, 5) is 9.35. The third-order valence-corrected chi connectivity index (χ3v) is 4.02. The van der Waals surface area contributed by atoms with E-state index in [1.54, 1.807) is 0 Å². The van der Waals surface area contributed by atoms with Crippen LogP contribution in [0.3, 0.4) is 0 Å². The Morgan fingerprint density at radius 3 is 2.40 bits per heavy atom. The molecule has 0 saturated heterocycles. The van der Waals surface area contributed by atoms with Gasteiger partial charge in [0.2, 0.25) is 0 Å². The van der Waals surface area contributed by atoms with Crippen molar-refractivity contribution < 1.29 is 0 Å². The van der Waals surface area contributed by atoms with Gasteiger partial charge in [-0.05, 0) is 42.3 Å². The van der Waals surface area contributed by atoms with Gasteiger partial charge in [-0.3, -0.25) is 4.57 Å². The van der Waals surface area contributed by atoms with Gasteiger partial charge >= 0.3 is 0 Å². The van der Waals surface area contributed by atoms with Crippen LogP contribution in [0.25, 0.3) is 29.0 Å². The Morgan fingerprint density at radius 2 is 1.64 bits per heavy atom. The van der Waals surface area contributed by atoms with Gasteiger partial charge in [-0.25, -0.2) is 9.97 Å². The molecular formula is C21H18ClN3. The number of imidazole rings is 1. The number of aryl methyl sites for hydroxylation is 1. The Bertz CT molecular complexity index is 1010. The fraction of sp³-hybridized carbons (Fsp3) is 0.0476. The van der Waals surface area contributed by atoms with Crippen LogP contribution in [0.5, 0.6) is 0 Å². The van der Waals surface area contributed by atoms with Gasteiger partial charge in [-0.1, -0.05) is 54.6 Å². The Kier molecular flexibility index (Phi) is 4.96. The first-order valence-electron chi connectivity index (χ1n) is 7.95. The zero-order valence-electron chi connectivity index (χ0n) is 13.8. The molecule has 0 bridgehead atoms. The quantitative estimate of drug-likeness (QED) is 0.502. The summed E-state index contributed by atoms with van der Waals surface area (Å²) in [5.74, 6) is 1.75. The Morgan fingerprint density at radius 1 is 0.840 bits per heavy atom. The summed E-state index contributed by atoms with van der Waals surface area (Å²) in [6.07, 6.45) is 5.93. The highest BCUT2D eigenvalue weighted by molar-refractivity contribution is 5.85. The van der Waals surface area contributed by atoms with Crippen LogP contribution in [0, 0.1) is 6.92 Å². The van der Waals surface area contributed by atoms with E-state index in [4.69, 9.17) is 4.98 Å². The largest absolute Gasteiger partial charge is 0.277 e. The molecule has 0 N–H and O–H groups in total. The highest BCUT2D eigenvalue weighted by atomic mass is 35.5. The van der Waals surface area contributed by atoms with E-state index >= 15 is 0 Å². The number of rotatable bonds is 3. The molecule has 2 heterocycles. The van der Waals surface area contributed by atoms with E-state index in [1.165, 1.54) is 0 Å². The molecule has 0 radical (unpaired) electrons. The third kappa shape index (κ3) is 3.32. The molecule has 4 rings (SSSR count). The molecule has 25 heavy (non-hydrogen) atoms. The highest BCUT2D eigenvalue weighted by Crippen LogP contribution is 2.24. The number of fused-ring (bicyclic) bond motifs is 1. The van der Waals surface area contributed by atoms with Crippen molar-refractivity contribution in [1.82, 2.24) is 14.5 Å². The zero-order chi connectivity index (χ0) is 16.4. The molecular weight excluding hydrogens is 330 g/mol. The number of hydrogen-bond donors (Lipinski definition) is 0. The maximum Gasteiger partial charge on any atom is 0.139 e. The molecule has 0 aliphatic rings. The van der Waals surface area contributed by atoms with Gasteiger partial charge in [0.25, 0.3) is 0 Å². The number of nitrogens with zero attached hydrogens (tertiary/aromatic N) is 3. The minimum atomic E-state index is 0. The van der Waals surface area contributed by atoms with E-state index in [-0.39, 0.29) is 12.4 Å². The number of aromatic nitrogens is 3. The summed E-state index contributed by atoms with van der Waals surface area (Å²) >= 11 is 0. The lowest BCUT2D eigenvalue weighted by molar-refractivity contribution is 1.01. The molecule has 0 fully saturated rings. The normalized spacial score (nSPS) is 10.9. The summed E-state index contributed by atoms with van der Waals surface area (Å²) < 4.78 is 2.10. The molecule has 0 amide bonds. The van der Waals surface area contributed by atoms with Gasteiger partial charge in [0.15, 0.2) is 0 Å². The second kappa shape index (κ2) is 7.32. The van der Waals surface area contributed by atoms with Crippen molar-refractivity contribution in [3.8, 4) is 5.82 Å². The summed E-state index contributed by atoms with van der Waals surface area (Å²) in [6.45, 7) is 2.09. The summed E-state index contributed by atoms with van der Waals surface area (Å²) in [6, 6.07) is 22.4. The maximum absolute atomic E-state index is 4.84. The lowest BCUT2D eigenvalue weighted by Crippen LogP contribution is -1.99. The summed E-state index contributed by atoms with van der Waals surface area (Å²) in [7, 11) is 0. The average molecular weight is 348 g/mol. The molecule has 2 aromatic heterocycles. The highest BCUT2D eigenvalue weighted by Gasteiger charge is 2.12. The van der Waals surface area contributed by atoms with E-state index in [1.807, 2.05) is 48.7 Å². The number of halogens is 1. The summed E-state index contributed by atoms with van der Waals surface area (Å²) in [5.41, 5.74) is 4.39. The zero-order valence-corrected chi connectivity index (χ0v) is 14.6. The maximum atomic E-state index is 4.84. The van der Waals surface area contributed by atoms with E-state index in [9.17, 15) is 0 Å². The van der Waals surface area contributed by atoms with Crippen LogP contribution in [0.4, 0.5) is 0 Å². The molecule has 4 aromatic rings. The van der Waals surface area contributed by atoms with Gasteiger partial charge in [-0.15, -0.1) is 12.4 Å². The van der Waals surface area contributed by atoms with E-state index < -0.39 is 0 Å². The van der Waals surface area contributed by atoms with Gasteiger partial charge in [0.05, 0.1) is 11.0 Å². The Balaban J connectivity index is 0.00000182. The van der Waals surface area contributed by atoms with Gasteiger partial charge < -0.3 is 0 Å². The van der Waals surface area contributed by atoms with E-state index in [0.29, 0.717) is 0 Å². The second-order valence-electron chi connectivity index (χ2n) is 5.68. The van der Waals surface area contributed by atoms with Crippen LogP contribution in [0.1, 0.15) is 17.0 Å². The predicted octanol–water partition coefficient (Wildman–Crippen LogP) is 5.32. The molecule has 0 atom stereocenters. The lowest BCUT2D eigenvalue weighted by atomic mass is 10.2. The van der Waals surface area contributed by atoms with E-state index in [2.05, 4.69) is 52.9 Å². The van der Waals surface area contributed by atoms with Crippen molar-refractivity contribution in [2.45, 2.75) is 6.92 Å². The van der Waals surface area contributed by atoms with Crippen molar-refractivity contribution in [2.24, 2.45) is 0 Å². The monoisotopic (exact) mass is 347 g/mol. The average Bonchev–Trinajstić information content (AvgIpc) is 3.01. The van der Waals surface area contributed by atoms with Crippen molar-refractivity contribution >= 4 is 35.6 Å². The standard InChI is InChI=1S/C21H17N3.ClH/c1-16-8-7-11-18-21(16)23-20(14-13-17-9-3-2-4-10-17)24(18)19-12-5-6-15-22-19;/h2-15H,1H3;1H. The molecule has 0 spiro atoms. The SMILES string of the molecule is Cc1cccc2c1nc(C=Cc1ccccc1)n2-c1ccccn1.Cl. The van der Waals surface area contributed by atoms with E-state index in [0.717, 1.165) is 33.8 Å². The van der Waals surface area contributed by atoms with Crippen molar-refractivity contribution in [1.29, 1.82) is 0 Å². The first kappa shape index (κ1) is 16.9. The van der Waals surface area contributed by atoms with Gasteiger partial charge in [0, 0.05) is 6.20 Å². The number of para-hydroxylation sites is 1. The van der Waals surface area contributed by atoms with Gasteiger partial charge in [0.1, 0.15) is 11.6 Å². The Hall–Kier alpha value is -2.91. The number of pyridine rings is 1. The molecule has 0 unspecified atom stereocenters. The van der Waals surface area contributed by atoms with Crippen LogP contribution < -0.4 is 0 Å². The van der Waals surface area contributed by atoms with Crippen molar-refractivity contribution in [2.75, 3.05) is 0 Å². The third-order valence-electron chi connectivity index (χ3n) is 4.02. The number of benzene rings is 2. The smallest absolute Gasteiger partial charge is 0.139 e. The van der Waals surface area contributed by atoms with Crippen LogP contribution in [0.15, 0.2) is 72.9 Å². The molecule has 0 aliphatic carbocycles. The van der Waals surface area contributed by atoms with Gasteiger partial charge in [-0.2, -0.15) is 0 Å². The molecule has 0 saturated carbocycles. The fourth-order valence-corrected chi connectivity index (χ4v) is 2.83. The predicted molar refractivity (Wildman–Crippen MR) is 106 cm³/mol. The summed E-state index contributed by atoms with van der Waals surface area (Å²) in [5, 5.41) is 0. The van der Waals surface area contributed by atoms with Crippen LogP contribution in [-0.4, -0.2) is 14.5 Å². The van der Waals surface area contributed by atoms with Crippen LogP contribution >= 0.6 is 12.4 Å². The molecule has 4 heteroatoms. The second-order valence-corrected chi connectivity index (χ2v) is 5.68. The molecule has 124 valence electrons. The molecule has 0 aliphatic heterocycles.